The summed E-state index contributed by atoms with van der Waals surface area (Å²) in [6.45, 7) is 2.66. The minimum atomic E-state index is -0.614. The molecular formula is C8H16N2O2. The smallest absolute Gasteiger partial charge is 0.186 e. The van der Waals surface area contributed by atoms with Crippen LogP contribution in [0.1, 0.15) is 6.92 Å². The molecule has 4 nitrogen and oxygen atoms in total. The molecule has 1 aliphatic heterocycles. The van der Waals surface area contributed by atoms with Gasteiger partial charge in [0.1, 0.15) is 0 Å². The van der Waals surface area contributed by atoms with Gasteiger partial charge in [-0.1, -0.05) is 6.08 Å². The van der Waals surface area contributed by atoms with Crippen LogP contribution in [0, 0.1) is 0 Å². The first kappa shape index (κ1) is 9.51. The minimum absolute atomic E-state index is 0.0426. The maximum Gasteiger partial charge on any atom is 0.186 e. The molecule has 12 heavy (non-hydrogen) atoms. The van der Waals surface area contributed by atoms with E-state index >= 15 is 0 Å². The van der Waals surface area contributed by atoms with Gasteiger partial charge in [-0.05, 0) is 14.0 Å². The summed E-state index contributed by atoms with van der Waals surface area (Å²) in [7, 11) is 1.84. The molecule has 1 aliphatic rings. The van der Waals surface area contributed by atoms with Crippen molar-refractivity contribution in [2.75, 3.05) is 20.2 Å². The third-order valence-electron chi connectivity index (χ3n) is 2.11. The first-order valence-corrected chi connectivity index (χ1v) is 4.10. The number of likely N-dealkylation sites (N-methyl/N-ethyl adjacent to an activating group) is 1. The highest BCUT2D eigenvalue weighted by atomic mass is 16.3. The van der Waals surface area contributed by atoms with E-state index in [0.29, 0.717) is 0 Å². The Morgan fingerprint density at radius 2 is 2.33 bits per heavy atom. The Bertz CT molecular complexity index is 172. The van der Waals surface area contributed by atoms with Crippen LogP contribution in [-0.4, -0.2) is 52.6 Å². The molecule has 0 bridgehead atoms. The van der Waals surface area contributed by atoms with E-state index < -0.39 is 6.35 Å². The predicted octanol–water partition coefficient (Wildman–Crippen LogP) is -0.596. The highest BCUT2D eigenvalue weighted by Gasteiger charge is 2.23. The molecule has 0 saturated carbocycles. The van der Waals surface area contributed by atoms with Gasteiger partial charge in [0.25, 0.3) is 0 Å². The van der Waals surface area contributed by atoms with Crippen molar-refractivity contribution < 1.29 is 10.2 Å². The molecule has 1 unspecified atom stereocenters. The lowest BCUT2D eigenvalue weighted by Gasteiger charge is -2.38. The molecule has 0 amide bonds. The highest BCUT2D eigenvalue weighted by Crippen LogP contribution is 2.11. The Hall–Kier alpha value is -0.580. The minimum Gasteiger partial charge on any atom is -0.394 e. The van der Waals surface area contributed by atoms with Crippen LogP contribution >= 0.6 is 0 Å². The summed E-state index contributed by atoms with van der Waals surface area (Å²) in [4.78, 5) is 3.52. The third kappa shape index (κ3) is 1.77. The topological polar surface area (TPSA) is 46.9 Å². The Morgan fingerprint density at radius 3 is 2.92 bits per heavy atom. The molecule has 0 fully saturated rings. The first-order valence-electron chi connectivity index (χ1n) is 4.10. The molecule has 0 aromatic rings. The number of nitrogens with zero attached hydrogens (tertiary/aromatic N) is 2. The molecule has 70 valence electrons. The van der Waals surface area contributed by atoms with Gasteiger partial charge in [-0.25, -0.2) is 0 Å². The van der Waals surface area contributed by atoms with Crippen LogP contribution in [0.25, 0.3) is 0 Å². The van der Waals surface area contributed by atoms with Crippen LogP contribution in [0.15, 0.2) is 12.3 Å². The molecule has 1 rings (SSSR count). The number of aliphatic hydroxyl groups excluding tert-OH is 2. The van der Waals surface area contributed by atoms with Gasteiger partial charge in [0.05, 0.1) is 12.6 Å². The molecule has 0 aromatic heterocycles. The summed E-state index contributed by atoms with van der Waals surface area (Å²) in [6, 6.07) is -0.0426. The normalized spacial score (nSPS) is 27.7. The van der Waals surface area contributed by atoms with Crippen molar-refractivity contribution in [3.63, 3.8) is 0 Å². The maximum atomic E-state index is 9.63. The molecule has 0 saturated heterocycles. The Kier molecular flexibility index (Phi) is 3.08. The average Bonchev–Trinajstić information content (AvgIpc) is 2.08. The second-order valence-corrected chi connectivity index (χ2v) is 3.15. The summed E-state index contributed by atoms with van der Waals surface area (Å²) in [6.07, 6.45) is 3.17. The molecule has 1 heterocycles. The van der Waals surface area contributed by atoms with Crippen LogP contribution in [0.5, 0.6) is 0 Å². The van der Waals surface area contributed by atoms with Crippen molar-refractivity contribution in [1.82, 2.24) is 9.80 Å². The summed E-state index contributed by atoms with van der Waals surface area (Å²) < 4.78 is 0. The molecule has 2 atom stereocenters. The second kappa shape index (κ2) is 3.89. The number of hydrogen-bond donors (Lipinski definition) is 2. The summed E-state index contributed by atoms with van der Waals surface area (Å²) in [5, 5.41) is 18.5. The van der Waals surface area contributed by atoms with Gasteiger partial charge < -0.3 is 15.1 Å². The highest BCUT2D eigenvalue weighted by molar-refractivity contribution is 4.93. The van der Waals surface area contributed by atoms with E-state index in [4.69, 9.17) is 5.11 Å². The lowest BCUT2D eigenvalue weighted by atomic mass is 10.3. The summed E-state index contributed by atoms with van der Waals surface area (Å²) in [5.41, 5.74) is 0. The van der Waals surface area contributed by atoms with Crippen LogP contribution in [0.4, 0.5) is 0 Å². The van der Waals surface area contributed by atoms with E-state index in [1.165, 1.54) is 0 Å². The SMILES string of the molecule is C[C@H](CO)N1C=CCN(C)C1O. The van der Waals surface area contributed by atoms with Gasteiger partial charge in [-0.15, -0.1) is 0 Å². The first-order chi connectivity index (χ1) is 5.66. The molecule has 2 N–H and O–H groups in total. The monoisotopic (exact) mass is 172 g/mol. The van der Waals surface area contributed by atoms with Crippen molar-refractivity contribution in [3.05, 3.63) is 12.3 Å². The molecular weight excluding hydrogens is 156 g/mol. The lowest BCUT2D eigenvalue weighted by Crippen LogP contribution is -2.51. The Morgan fingerprint density at radius 1 is 1.67 bits per heavy atom. The zero-order chi connectivity index (χ0) is 9.14. The molecule has 4 heteroatoms. The fourth-order valence-electron chi connectivity index (χ4n) is 1.20. The number of rotatable bonds is 2. The van der Waals surface area contributed by atoms with E-state index in [1.807, 2.05) is 26.2 Å². The Labute approximate surface area is 72.7 Å². The van der Waals surface area contributed by atoms with E-state index in [-0.39, 0.29) is 12.6 Å². The van der Waals surface area contributed by atoms with Gasteiger partial charge in [0.2, 0.25) is 0 Å². The zero-order valence-corrected chi connectivity index (χ0v) is 7.51. The van der Waals surface area contributed by atoms with Crippen molar-refractivity contribution in [2.45, 2.75) is 19.3 Å². The van der Waals surface area contributed by atoms with Crippen molar-refractivity contribution in [3.8, 4) is 0 Å². The number of hydrogen-bond acceptors (Lipinski definition) is 4. The molecule has 0 aliphatic carbocycles. The summed E-state index contributed by atoms with van der Waals surface area (Å²) >= 11 is 0. The molecule has 0 radical (unpaired) electrons. The van der Waals surface area contributed by atoms with Gasteiger partial charge in [0.15, 0.2) is 6.35 Å². The quantitative estimate of drug-likeness (QED) is 0.584. The zero-order valence-electron chi connectivity index (χ0n) is 7.51. The fraction of sp³-hybridized carbons (Fsp3) is 0.750. The lowest BCUT2D eigenvalue weighted by molar-refractivity contribution is -0.102. The van der Waals surface area contributed by atoms with E-state index in [2.05, 4.69) is 0 Å². The van der Waals surface area contributed by atoms with Gasteiger partial charge in [0, 0.05) is 12.7 Å². The van der Waals surface area contributed by atoms with Gasteiger partial charge in [-0.3, -0.25) is 4.90 Å². The molecule has 0 spiro atoms. The van der Waals surface area contributed by atoms with Crippen LogP contribution < -0.4 is 0 Å². The van der Waals surface area contributed by atoms with Crippen LogP contribution in [0.2, 0.25) is 0 Å². The maximum absolute atomic E-state index is 9.63. The largest absolute Gasteiger partial charge is 0.394 e. The van der Waals surface area contributed by atoms with Crippen molar-refractivity contribution in [1.29, 1.82) is 0 Å². The Balaban J connectivity index is 2.63. The second-order valence-electron chi connectivity index (χ2n) is 3.15. The number of aliphatic hydroxyl groups is 2. The van der Waals surface area contributed by atoms with Crippen molar-refractivity contribution >= 4 is 0 Å². The fourth-order valence-corrected chi connectivity index (χ4v) is 1.20. The van der Waals surface area contributed by atoms with Crippen molar-refractivity contribution in [2.24, 2.45) is 0 Å². The van der Waals surface area contributed by atoms with Gasteiger partial charge >= 0.3 is 0 Å². The van der Waals surface area contributed by atoms with E-state index in [1.54, 1.807) is 9.80 Å². The summed E-state index contributed by atoms with van der Waals surface area (Å²) in [5.74, 6) is 0. The molecule has 0 aromatic carbocycles. The van der Waals surface area contributed by atoms with Crippen LogP contribution in [-0.2, 0) is 0 Å². The van der Waals surface area contributed by atoms with E-state index in [9.17, 15) is 5.11 Å². The third-order valence-corrected chi connectivity index (χ3v) is 2.11. The van der Waals surface area contributed by atoms with E-state index in [0.717, 1.165) is 6.54 Å². The van der Waals surface area contributed by atoms with Gasteiger partial charge in [-0.2, -0.15) is 0 Å². The predicted molar refractivity (Wildman–Crippen MR) is 46.2 cm³/mol. The standard InChI is InChI=1S/C8H16N2O2/c1-7(6-11)10-5-3-4-9(2)8(10)12/h3,5,7-8,11-12H,4,6H2,1-2H3/t7-,8?/m1/s1. The van der Waals surface area contributed by atoms with Crippen LogP contribution in [0.3, 0.4) is 0 Å². The average molecular weight is 172 g/mol.